The van der Waals surface area contributed by atoms with Crippen LogP contribution in [0.5, 0.6) is 0 Å². The van der Waals surface area contributed by atoms with E-state index in [-0.39, 0.29) is 19.3 Å². The average Bonchev–Trinajstić information content (AvgIpc) is 3.10. The van der Waals surface area contributed by atoms with E-state index >= 15 is 0 Å². The van der Waals surface area contributed by atoms with Gasteiger partial charge in [-0.05, 0) is 12.5 Å². The van der Waals surface area contributed by atoms with Crippen molar-refractivity contribution in [3.63, 3.8) is 0 Å². The van der Waals surface area contributed by atoms with Crippen LogP contribution in [0.3, 0.4) is 0 Å². The van der Waals surface area contributed by atoms with Crippen LogP contribution < -0.4 is 10.9 Å². The molecule has 28 heavy (non-hydrogen) atoms. The van der Waals surface area contributed by atoms with Crippen molar-refractivity contribution in [1.29, 1.82) is 0 Å². The van der Waals surface area contributed by atoms with Crippen LogP contribution >= 0.6 is 0 Å². The Hall–Kier alpha value is -1.43. The molecule has 0 saturated carbocycles. The lowest BCUT2D eigenvalue weighted by molar-refractivity contribution is -0.138. The molecule has 0 bridgehead atoms. The van der Waals surface area contributed by atoms with E-state index in [0.29, 0.717) is 30.9 Å². The zero-order chi connectivity index (χ0) is 20.9. The molecule has 0 spiro atoms. The summed E-state index contributed by atoms with van der Waals surface area (Å²) < 4.78 is 51.9. The van der Waals surface area contributed by atoms with Crippen LogP contribution in [0.25, 0.3) is 0 Å². The molecule has 2 heterocycles. The summed E-state index contributed by atoms with van der Waals surface area (Å²) in [7, 11) is -1.35. The standard InChI is InChI=1S/C17H28F3N3O4Si/c1-28(2,3)7-6-27-11-23-16(25)15(17(18,19)20)13(8-21-23)22-14(9-24)12-4-5-26-10-12/h8,12,14,22,24H,4-7,9-11H2,1-3H3. The van der Waals surface area contributed by atoms with Gasteiger partial charge in [0.15, 0.2) is 0 Å². The van der Waals surface area contributed by atoms with Gasteiger partial charge in [0.25, 0.3) is 5.56 Å². The van der Waals surface area contributed by atoms with Gasteiger partial charge < -0.3 is 19.9 Å². The molecule has 2 rings (SSSR count). The van der Waals surface area contributed by atoms with Crippen LogP contribution in [-0.4, -0.2) is 55.4 Å². The van der Waals surface area contributed by atoms with Crippen LogP contribution in [0.2, 0.25) is 25.7 Å². The van der Waals surface area contributed by atoms with Gasteiger partial charge in [0, 0.05) is 27.2 Å². The van der Waals surface area contributed by atoms with Crippen molar-refractivity contribution in [3.05, 3.63) is 22.1 Å². The van der Waals surface area contributed by atoms with Crippen molar-refractivity contribution in [3.8, 4) is 0 Å². The van der Waals surface area contributed by atoms with Crippen LogP contribution in [0.4, 0.5) is 18.9 Å². The highest BCUT2D eigenvalue weighted by Crippen LogP contribution is 2.33. The molecule has 0 aliphatic carbocycles. The zero-order valence-corrected chi connectivity index (χ0v) is 17.4. The molecule has 1 aliphatic heterocycles. The van der Waals surface area contributed by atoms with E-state index < -0.39 is 37.1 Å². The van der Waals surface area contributed by atoms with Gasteiger partial charge in [-0.25, -0.2) is 4.68 Å². The molecule has 0 aromatic carbocycles. The number of aliphatic hydroxyl groups excluding tert-OH is 1. The maximum Gasteiger partial charge on any atom is 0.423 e. The third-order valence-corrected chi connectivity index (χ3v) is 6.31. The van der Waals surface area contributed by atoms with Crippen LogP contribution in [0.1, 0.15) is 12.0 Å². The minimum Gasteiger partial charge on any atom is -0.394 e. The van der Waals surface area contributed by atoms with Crippen LogP contribution in [0.15, 0.2) is 11.0 Å². The van der Waals surface area contributed by atoms with E-state index in [9.17, 15) is 23.1 Å². The van der Waals surface area contributed by atoms with Gasteiger partial charge in [-0.15, -0.1) is 0 Å². The fourth-order valence-corrected chi connectivity index (χ4v) is 3.63. The average molecular weight is 424 g/mol. The fourth-order valence-electron chi connectivity index (χ4n) is 2.88. The molecule has 2 atom stereocenters. The number of aromatic nitrogens is 2. The van der Waals surface area contributed by atoms with Gasteiger partial charge in [-0.1, -0.05) is 19.6 Å². The van der Waals surface area contributed by atoms with Gasteiger partial charge in [-0.3, -0.25) is 4.79 Å². The fraction of sp³-hybridized carbons (Fsp3) is 0.765. The minimum absolute atomic E-state index is 0.140. The second-order valence-corrected chi connectivity index (χ2v) is 13.8. The number of hydrogen-bond acceptors (Lipinski definition) is 6. The summed E-state index contributed by atoms with van der Waals surface area (Å²) in [4.78, 5) is 12.4. The summed E-state index contributed by atoms with van der Waals surface area (Å²) in [6.45, 7) is 6.92. The van der Waals surface area contributed by atoms with Gasteiger partial charge in [0.05, 0.1) is 31.1 Å². The number of ether oxygens (including phenoxy) is 2. The van der Waals surface area contributed by atoms with Gasteiger partial charge in [-0.2, -0.15) is 18.3 Å². The number of rotatable bonds is 9. The van der Waals surface area contributed by atoms with Crippen LogP contribution in [-0.2, 0) is 22.4 Å². The monoisotopic (exact) mass is 423 g/mol. The van der Waals surface area contributed by atoms with Crippen molar-refractivity contribution in [2.24, 2.45) is 5.92 Å². The maximum absolute atomic E-state index is 13.6. The Bertz CT molecular complexity index is 700. The van der Waals surface area contributed by atoms with Crippen molar-refractivity contribution in [2.75, 3.05) is 31.7 Å². The molecule has 160 valence electrons. The third kappa shape index (κ3) is 6.29. The second-order valence-electron chi connectivity index (χ2n) is 8.14. The zero-order valence-electron chi connectivity index (χ0n) is 16.4. The molecule has 11 heteroatoms. The molecule has 1 saturated heterocycles. The lowest BCUT2D eigenvalue weighted by Crippen LogP contribution is -2.37. The Balaban J connectivity index is 2.19. The number of alkyl halides is 3. The second kappa shape index (κ2) is 9.38. The summed E-state index contributed by atoms with van der Waals surface area (Å²) in [5, 5.41) is 16.0. The Morgan fingerprint density at radius 3 is 2.71 bits per heavy atom. The highest BCUT2D eigenvalue weighted by atomic mass is 28.3. The molecular formula is C17H28F3N3O4Si. The van der Waals surface area contributed by atoms with E-state index in [2.05, 4.69) is 30.1 Å². The molecule has 2 N–H and O–H groups in total. The largest absolute Gasteiger partial charge is 0.423 e. The maximum atomic E-state index is 13.6. The first-order chi connectivity index (χ1) is 13.0. The number of nitrogens with zero attached hydrogens (tertiary/aromatic N) is 2. The molecule has 7 nitrogen and oxygen atoms in total. The summed E-state index contributed by atoms with van der Waals surface area (Å²) in [6, 6.07) is 0.170. The topological polar surface area (TPSA) is 85.6 Å². The quantitative estimate of drug-likeness (QED) is 0.469. The molecular weight excluding hydrogens is 395 g/mol. The normalized spacial score (nSPS) is 19.0. The first kappa shape index (κ1) is 22.9. The number of hydrogen-bond donors (Lipinski definition) is 2. The summed E-state index contributed by atoms with van der Waals surface area (Å²) >= 11 is 0. The molecule has 2 unspecified atom stereocenters. The lowest BCUT2D eigenvalue weighted by Gasteiger charge is -2.24. The smallest absolute Gasteiger partial charge is 0.394 e. The third-order valence-electron chi connectivity index (χ3n) is 4.61. The van der Waals surface area contributed by atoms with E-state index in [1.807, 2.05) is 0 Å². The minimum atomic E-state index is -4.87. The summed E-state index contributed by atoms with van der Waals surface area (Å²) in [6.07, 6.45) is -3.28. The van der Waals surface area contributed by atoms with Crippen molar-refractivity contribution < 1.29 is 27.8 Å². The number of anilines is 1. The number of halogens is 3. The van der Waals surface area contributed by atoms with Gasteiger partial charge >= 0.3 is 6.18 Å². The molecule has 0 amide bonds. The SMILES string of the molecule is C[Si](C)(C)CCOCn1ncc(NC(CO)C2CCOC2)c(C(F)(F)F)c1=O. The number of aliphatic hydroxyl groups is 1. The summed E-state index contributed by atoms with van der Waals surface area (Å²) in [5.74, 6) is -0.140. The molecule has 0 radical (unpaired) electrons. The Morgan fingerprint density at radius 2 is 2.18 bits per heavy atom. The van der Waals surface area contributed by atoms with Gasteiger partial charge in [0.1, 0.15) is 12.3 Å². The van der Waals surface area contributed by atoms with Crippen molar-refractivity contribution in [1.82, 2.24) is 9.78 Å². The van der Waals surface area contributed by atoms with E-state index in [0.717, 1.165) is 12.2 Å². The van der Waals surface area contributed by atoms with E-state index in [4.69, 9.17) is 9.47 Å². The predicted octanol–water partition coefficient (Wildman–Crippen LogP) is 2.38. The highest BCUT2D eigenvalue weighted by Gasteiger charge is 2.39. The Kier molecular flexibility index (Phi) is 7.65. The molecule has 1 aromatic heterocycles. The van der Waals surface area contributed by atoms with Crippen molar-refractivity contribution >= 4 is 13.8 Å². The predicted molar refractivity (Wildman–Crippen MR) is 101 cm³/mol. The Labute approximate surface area is 162 Å². The molecule has 1 fully saturated rings. The highest BCUT2D eigenvalue weighted by molar-refractivity contribution is 6.76. The lowest BCUT2D eigenvalue weighted by atomic mass is 9.99. The van der Waals surface area contributed by atoms with E-state index in [1.165, 1.54) is 0 Å². The molecule has 1 aromatic rings. The molecule has 1 aliphatic rings. The first-order valence-corrected chi connectivity index (χ1v) is 12.9. The summed E-state index contributed by atoms with van der Waals surface area (Å²) in [5.41, 5.74) is -3.06. The van der Waals surface area contributed by atoms with Crippen molar-refractivity contribution in [2.45, 2.75) is 51.1 Å². The van der Waals surface area contributed by atoms with Crippen LogP contribution in [0, 0.1) is 5.92 Å². The van der Waals surface area contributed by atoms with E-state index in [1.54, 1.807) is 0 Å². The Morgan fingerprint density at radius 1 is 1.46 bits per heavy atom. The van der Waals surface area contributed by atoms with Gasteiger partial charge in [0.2, 0.25) is 0 Å². The first-order valence-electron chi connectivity index (χ1n) is 9.23. The number of nitrogens with one attached hydrogen (secondary N) is 1.